The van der Waals surface area contributed by atoms with Gasteiger partial charge in [-0.15, -0.1) is 10.2 Å². The van der Waals surface area contributed by atoms with Crippen LogP contribution in [0, 0.1) is 5.82 Å². The van der Waals surface area contributed by atoms with Gasteiger partial charge in [0.2, 0.25) is 0 Å². The van der Waals surface area contributed by atoms with E-state index in [1.165, 1.54) is 12.3 Å². The second-order valence-corrected chi connectivity index (χ2v) is 8.78. The van der Waals surface area contributed by atoms with Crippen LogP contribution in [0.1, 0.15) is 13.3 Å². The van der Waals surface area contributed by atoms with Crippen LogP contribution in [-0.4, -0.2) is 54.1 Å². The van der Waals surface area contributed by atoms with Gasteiger partial charge in [-0.25, -0.2) is 4.39 Å². The molecule has 3 aromatic carbocycles. The van der Waals surface area contributed by atoms with Gasteiger partial charge in [0.05, 0.1) is 29.7 Å². The van der Waals surface area contributed by atoms with Crippen molar-refractivity contribution in [2.75, 3.05) is 12.3 Å². The van der Waals surface area contributed by atoms with Crippen molar-refractivity contribution in [2.45, 2.75) is 18.2 Å². The van der Waals surface area contributed by atoms with E-state index >= 15 is 0 Å². The van der Waals surface area contributed by atoms with E-state index in [4.69, 9.17) is 10.5 Å². The molecule has 0 amide bonds. The fourth-order valence-corrected chi connectivity index (χ4v) is 4.15. The average molecular weight is 505 g/mol. The van der Waals surface area contributed by atoms with E-state index in [0.29, 0.717) is 29.1 Å². The average Bonchev–Trinajstić information content (AvgIpc) is 2.82. The molecule has 0 aliphatic heterocycles. The second-order valence-electron chi connectivity index (χ2n) is 7.39. The van der Waals surface area contributed by atoms with Crippen LogP contribution in [-0.2, 0) is 10.1 Å². The van der Waals surface area contributed by atoms with Gasteiger partial charge in [0.15, 0.2) is 0 Å². The van der Waals surface area contributed by atoms with Gasteiger partial charge in [0.1, 0.15) is 27.8 Å². The molecule has 0 aliphatic carbocycles. The van der Waals surface area contributed by atoms with E-state index < -0.39 is 15.9 Å². The first-order chi connectivity index (χ1) is 16.3. The van der Waals surface area contributed by atoms with E-state index in [0.717, 1.165) is 12.5 Å². The fourth-order valence-electron chi connectivity index (χ4n) is 3.44. The summed E-state index contributed by atoms with van der Waals surface area (Å²) in [5.41, 5.74) is 7.39. The number of azo groups is 1. The summed E-state index contributed by atoms with van der Waals surface area (Å²) in [6, 6.07) is 15.4. The topological polar surface area (TPSA) is 127 Å². The third kappa shape index (κ3) is 5.85. The first-order valence-corrected chi connectivity index (χ1v) is 11.8. The second kappa shape index (κ2) is 11.2. The molecule has 11 heteroatoms. The molecule has 0 atom stereocenters. The van der Waals surface area contributed by atoms with Crippen molar-refractivity contribution in [1.29, 1.82) is 0 Å². The summed E-state index contributed by atoms with van der Waals surface area (Å²) in [4.78, 5) is 3.96. The number of fused-ring (bicyclic) bond motifs is 1. The Morgan fingerprint density at radius 1 is 1.06 bits per heavy atom. The number of nitrogens with zero attached hydrogens (tertiary/aromatic N) is 3. The summed E-state index contributed by atoms with van der Waals surface area (Å²) >= 11 is 0. The molecule has 0 unspecified atom stereocenters. The van der Waals surface area contributed by atoms with Gasteiger partial charge < -0.3 is 10.5 Å². The molecule has 8 nitrogen and oxygen atoms in total. The minimum atomic E-state index is -4.52. The maximum absolute atomic E-state index is 14.5. The first kappa shape index (κ1) is 26.7. The molecular weight excluding hydrogens is 482 g/mol. The number of ether oxygens (including phenoxy) is 1. The summed E-state index contributed by atoms with van der Waals surface area (Å²) in [5.74, 6) is -0.0671. The molecule has 0 bridgehead atoms. The molecule has 0 saturated heterocycles. The summed E-state index contributed by atoms with van der Waals surface area (Å²) in [6.07, 6.45) is 2.18. The molecule has 35 heavy (non-hydrogen) atoms. The van der Waals surface area contributed by atoms with Crippen LogP contribution < -0.4 is 10.5 Å². The van der Waals surface area contributed by atoms with Crippen LogP contribution in [0.15, 0.2) is 82.0 Å². The fraction of sp³-hybridized carbons (Fsp3) is 0.125. The van der Waals surface area contributed by atoms with Gasteiger partial charge in [-0.05, 0) is 36.8 Å². The van der Waals surface area contributed by atoms with Crippen molar-refractivity contribution in [3.05, 3.63) is 72.7 Å². The van der Waals surface area contributed by atoms with Crippen molar-refractivity contribution >= 4 is 67.5 Å². The summed E-state index contributed by atoms with van der Waals surface area (Å²) in [7, 11) is -4.52. The molecule has 0 fully saturated rings. The third-order valence-corrected chi connectivity index (χ3v) is 5.91. The molecule has 4 rings (SSSR count). The van der Waals surface area contributed by atoms with E-state index in [9.17, 15) is 17.4 Å². The molecule has 176 valence electrons. The van der Waals surface area contributed by atoms with Crippen LogP contribution in [0.5, 0.6) is 5.75 Å². The third-order valence-electron chi connectivity index (χ3n) is 5.02. The summed E-state index contributed by atoms with van der Waals surface area (Å²) in [5, 5.41) is 8.83. The van der Waals surface area contributed by atoms with Crippen molar-refractivity contribution in [3.8, 4) is 17.0 Å². The van der Waals surface area contributed by atoms with Crippen LogP contribution in [0.3, 0.4) is 0 Å². The standard InChI is InChI=1S/C24H21FN4O4S.Na.H/c1-2-12-33-21-9-5-8-18(25)23(21)19-11-10-15(14-27-19)28-29-20-13-22(34(30,31)32)16-6-3-4-7-17(16)24(20)26;;/h3-11,13-14H,2,12,26H2,1H3,(H,30,31,32);;. The maximum atomic E-state index is 14.5. The number of nitrogens with two attached hydrogens (primary N) is 1. The van der Waals surface area contributed by atoms with Crippen LogP contribution >= 0.6 is 0 Å². The number of nitrogen functional groups attached to an aromatic ring is 1. The Kier molecular flexibility index (Phi) is 8.57. The Morgan fingerprint density at radius 3 is 2.46 bits per heavy atom. The van der Waals surface area contributed by atoms with Crippen LogP contribution in [0.4, 0.5) is 21.5 Å². The Labute approximate surface area is 224 Å². The number of rotatable bonds is 7. The Morgan fingerprint density at radius 2 is 1.80 bits per heavy atom. The van der Waals surface area contributed by atoms with E-state index in [-0.39, 0.29) is 56.8 Å². The van der Waals surface area contributed by atoms with Gasteiger partial charge >= 0.3 is 29.6 Å². The van der Waals surface area contributed by atoms with Gasteiger partial charge in [-0.1, -0.05) is 37.3 Å². The SMILES string of the molecule is CCCOc1cccc(F)c1-c1ccc(N=Nc2cc(S(=O)(=O)O)c3ccccc3c2N)cn1.[NaH]. The molecule has 0 spiro atoms. The van der Waals surface area contributed by atoms with Crippen LogP contribution in [0.25, 0.3) is 22.0 Å². The number of hydrogen-bond acceptors (Lipinski definition) is 7. The number of halogens is 1. The molecule has 3 N–H and O–H groups in total. The van der Waals surface area contributed by atoms with Gasteiger partial charge in [0.25, 0.3) is 10.1 Å². The van der Waals surface area contributed by atoms with Gasteiger partial charge in [-0.3, -0.25) is 9.54 Å². The predicted molar refractivity (Wildman–Crippen MR) is 135 cm³/mol. The predicted octanol–water partition coefficient (Wildman–Crippen LogP) is 5.43. The molecule has 1 aromatic heterocycles. The molecule has 0 radical (unpaired) electrons. The zero-order valence-electron chi connectivity index (χ0n) is 18.1. The zero-order valence-corrected chi connectivity index (χ0v) is 19.0. The Balaban J connectivity index is 0.00000342. The molecule has 0 aliphatic rings. The molecule has 1 heterocycles. The number of hydrogen-bond donors (Lipinski definition) is 2. The van der Waals surface area contributed by atoms with Crippen molar-refractivity contribution in [2.24, 2.45) is 10.2 Å². The van der Waals surface area contributed by atoms with Gasteiger partial charge in [-0.2, -0.15) is 8.42 Å². The van der Waals surface area contributed by atoms with E-state index in [1.54, 1.807) is 48.5 Å². The Bertz CT molecular complexity index is 1500. The summed E-state index contributed by atoms with van der Waals surface area (Å²) < 4.78 is 53.5. The van der Waals surface area contributed by atoms with E-state index in [2.05, 4.69) is 15.2 Å². The van der Waals surface area contributed by atoms with E-state index in [1.807, 2.05) is 6.92 Å². The van der Waals surface area contributed by atoms with Gasteiger partial charge in [0, 0.05) is 10.8 Å². The molecular formula is C24H22FN4NaO4S. The number of anilines is 1. The summed E-state index contributed by atoms with van der Waals surface area (Å²) in [6.45, 7) is 2.40. The number of aromatic nitrogens is 1. The van der Waals surface area contributed by atoms with Crippen molar-refractivity contribution in [1.82, 2.24) is 4.98 Å². The normalized spacial score (nSPS) is 11.5. The van der Waals surface area contributed by atoms with Crippen molar-refractivity contribution in [3.63, 3.8) is 0 Å². The molecule has 4 aromatic rings. The Hall–Kier alpha value is -2.89. The molecule has 0 saturated carbocycles. The first-order valence-electron chi connectivity index (χ1n) is 10.4. The monoisotopic (exact) mass is 504 g/mol. The zero-order chi connectivity index (χ0) is 24.3. The minimum absolute atomic E-state index is 0. The van der Waals surface area contributed by atoms with Crippen molar-refractivity contribution < 1.29 is 22.1 Å². The quantitative estimate of drug-likeness (QED) is 0.150. The van der Waals surface area contributed by atoms with Crippen LogP contribution in [0.2, 0.25) is 0 Å². The number of pyridine rings is 1. The number of benzene rings is 3.